The molecule has 1 heterocycles. The van der Waals surface area contributed by atoms with Crippen LogP contribution in [0, 0.1) is 7.14 Å². The maximum Gasteiger partial charge on any atom is 0.138 e. The van der Waals surface area contributed by atoms with E-state index in [9.17, 15) is 5.11 Å². The first-order valence-electron chi connectivity index (χ1n) is 3.61. The molecule has 0 spiro atoms. The molecule has 5 heteroatoms. The van der Waals surface area contributed by atoms with Crippen LogP contribution in [0.5, 0.6) is 5.75 Å². The lowest BCUT2D eigenvalue weighted by Gasteiger charge is -2.04. The highest BCUT2D eigenvalue weighted by atomic mass is 127. The van der Waals surface area contributed by atoms with Gasteiger partial charge in [-0.25, -0.2) is 0 Å². The van der Waals surface area contributed by atoms with E-state index >= 15 is 0 Å². The molecule has 0 aliphatic heterocycles. The Morgan fingerprint density at radius 3 is 2.57 bits per heavy atom. The molecule has 0 amide bonds. The van der Waals surface area contributed by atoms with Crippen molar-refractivity contribution < 1.29 is 5.11 Å². The van der Waals surface area contributed by atoms with Gasteiger partial charge in [-0.15, -0.1) is 12.4 Å². The summed E-state index contributed by atoms with van der Waals surface area (Å²) in [4.78, 5) is 3.99. The molecule has 74 valence electrons. The Balaban J connectivity index is 0.000000980. The van der Waals surface area contributed by atoms with E-state index in [-0.39, 0.29) is 12.4 Å². The van der Waals surface area contributed by atoms with Gasteiger partial charge in [0.2, 0.25) is 0 Å². The van der Waals surface area contributed by atoms with Crippen LogP contribution in [0.3, 0.4) is 0 Å². The summed E-state index contributed by atoms with van der Waals surface area (Å²) in [6.45, 7) is 0. The molecule has 2 rings (SSSR count). The summed E-state index contributed by atoms with van der Waals surface area (Å²) >= 11 is 4.37. The minimum Gasteiger partial charge on any atom is -0.506 e. The number of rotatable bonds is 0. The van der Waals surface area contributed by atoms with Crippen LogP contribution in [0.2, 0.25) is 0 Å². The second-order valence-corrected chi connectivity index (χ2v) is 4.93. The molecule has 0 bridgehead atoms. The molecule has 0 saturated heterocycles. The van der Waals surface area contributed by atoms with Crippen molar-refractivity contribution in [3.05, 3.63) is 31.7 Å². The van der Waals surface area contributed by atoms with Gasteiger partial charge in [0.15, 0.2) is 0 Å². The van der Waals surface area contributed by atoms with Gasteiger partial charge < -0.3 is 5.11 Å². The Morgan fingerprint density at radius 1 is 1.14 bits per heavy atom. The number of phenols is 1. The van der Waals surface area contributed by atoms with Crippen LogP contribution < -0.4 is 0 Å². The van der Waals surface area contributed by atoms with E-state index in [1.807, 2.05) is 12.1 Å². The summed E-state index contributed by atoms with van der Waals surface area (Å²) in [6, 6.07) is 3.87. The molecule has 1 N–H and O–H groups in total. The number of benzene rings is 1. The maximum atomic E-state index is 9.73. The number of hydrogen-bond donors (Lipinski definition) is 1. The van der Waals surface area contributed by atoms with Crippen molar-refractivity contribution in [3.63, 3.8) is 0 Å². The molecule has 0 unspecified atom stereocenters. The average Bonchev–Trinajstić information content (AvgIpc) is 2.15. The smallest absolute Gasteiger partial charge is 0.138 e. The van der Waals surface area contributed by atoms with Crippen LogP contribution in [0.25, 0.3) is 10.8 Å². The first kappa shape index (κ1) is 12.3. The number of fused-ring (bicyclic) bond motifs is 1. The third-order valence-corrected chi connectivity index (χ3v) is 3.53. The minimum atomic E-state index is 0. The van der Waals surface area contributed by atoms with Gasteiger partial charge in [0.25, 0.3) is 0 Å². The van der Waals surface area contributed by atoms with Crippen LogP contribution >= 0.6 is 57.6 Å². The van der Waals surface area contributed by atoms with Gasteiger partial charge >= 0.3 is 0 Å². The van der Waals surface area contributed by atoms with Crippen LogP contribution in [-0.2, 0) is 0 Å². The van der Waals surface area contributed by atoms with Gasteiger partial charge in [-0.2, -0.15) is 0 Å². The SMILES string of the molecule is Cl.Oc1c(I)cc(I)c2ccncc12. The quantitative estimate of drug-likeness (QED) is 0.645. The molecule has 0 aliphatic carbocycles. The van der Waals surface area contributed by atoms with Gasteiger partial charge in [0, 0.05) is 26.7 Å². The fourth-order valence-electron chi connectivity index (χ4n) is 1.18. The number of hydrogen-bond acceptors (Lipinski definition) is 2. The lowest BCUT2D eigenvalue weighted by Crippen LogP contribution is -1.83. The largest absolute Gasteiger partial charge is 0.506 e. The van der Waals surface area contributed by atoms with Gasteiger partial charge in [0.05, 0.1) is 3.57 Å². The van der Waals surface area contributed by atoms with Crippen molar-refractivity contribution in [1.82, 2.24) is 4.98 Å². The zero-order chi connectivity index (χ0) is 9.42. The fourth-order valence-corrected chi connectivity index (χ4v) is 3.16. The van der Waals surface area contributed by atoms with Gasteiger partial charge in [0.1, 0.15) is 5.75 Å². The Labute approximate surface area is 115 Å². The van der Waals surface area contributed by atoms with E-state index in [0.29, 0.717) is 5.75 Å². The zero-order valence-electron chi connectivity index (χ0n) is 6.87. The summed E-state index contributed by atoms with van der Waals surface area (Å²) < 4.78 is 2.00. The predicted octanol–water partition coefficient (Wildman–Crippen LogP) is 3.57. The predicted molar refractivity (Wildman–Crippen MR) is 76.1 cm³/mol. The lowest BCUT2D eigenvalue weighted by molar-refractivity contribution is 0.477. The van der Waals surface area contributed by atoms with E-state index in [0.717, 1.165) is 17.9 Å². The number of aromatic hydroxyl groups is 1. The van der Waals surface area contributed by atoms with Gasteiger partial charge in [-0.1, -0.05) is 0 Å². The normalized spacial score (nSPS) is 9.86. The Kier molecular flexibility index (Phi) is 4.20. The van der Waals surface area contributed by atoms with Crippen molar-refractivity contribution in [1.29, 1.82) is 0 Å². The molecular weight excluding hydrogens is 427 g/mol. The number of phenolic OH excluding ortho intramolecular Hbond substituents is 1. The highest BCUT2D eigenvalue weighted by molar-refractivity contribution is 14.1. The lowest BCUT2D eigenvalue weighted by atomic mass is 10.2. The second kappa shape index (κ2) is 4.80. The fraction of sp³-hybridized carbons (Fsp3) is 0. The van der Waals surface area contributed by atoms with Crippen molar-refractivity contribution >= 4 is 68.4 Å². The monoisotopic (exact) mass is 433 g/mol. The molecule has 0 radical (unpaired) electrons. The van der Waals surface area contributed by atoms with Crippen molar-refractivity contribution in [3.8, 4) is 5.75 Å². The molecule has 1 aromatic heterocycles. The molecule has 14 heavy (non-hydrogen) atoms. The first-order chi connectivity index (χ1) is 6.20. The highest BCUT2D eigenvalue weighted by Crippen LogP contribution is 2.32. The summed E-state index contributed by atoms with van der Waals surface area (Å²) in [6.07, 6.45) is 3.42. The molecule has 0 atom stereocenters. The Hall–Kier alpha value is 0.180. The summed E-state index contributed by atoms with van der Waals surface area (Å²) in [5.41, 5.74) is 0. The van der Waals surface area contributed by atoms with Crippen molar-refractivity contribution in [2.24, 2.45) is 0 Å². The topological polar surface area (TPSA) is 33.1 Å². The van der Waals surface area contributed by atoms with Crippen LogP contribution in [0.15, 0.2) is 24.5 Å². The third kappa shape index (κ3) is 2.06. The molecule has 2 nitrogen and oxygen atoms in total. The number of nitrogens with zero attached hydrogens (tertiary/aromatic N) is 1. The number of halogens is 3. The average molecular weight is 433 g/mol. The van der Waals surface area contributed by atoms with Crippen LogP contribution in [0.1, 0.15) is 0 Å². The van der Waals surface area contributed by atoms with Gasteiger partial charge in [-0.3, -0.25) is 4.98 Å². The minimum absolute atomic E-state index is 0. The van der Waals surface area contributed by atoms with Gasteiger partial charge in [-0.05, 0) is 57.3 Å². The summed E-state index contributed by atoms with van der Waals surface area (Å²) in [5.74, 6) is 0.323. The molecule has 2 aromatic rings. The molecule has 0 saturated carbocycles. The summed E-state index contributed by atoms with van der Waals surface area (Å²) in [5, 5.41) is 11.6. The van der Waals surface area contributed by atoms with E-state index in [2.05, 4.69) is 50.2 Å². The van der Waals surface area contributed by atoms with Crippen LogP contribution in [0.4, 0.5) is 0 Å². The first-order valence-corrected chi connectivity index (χ1v) is 5.76. The third-order valence-electron chi connectivity index (χ3n) is 1.81. The molecule has 1 aromatic carbocycles. The highest BCUT2D eigenvalue weighted by Gasteiger charge is 2.07. The molecule has 0 aliphatic rings. The van der Waals surface area contributed by atoms with Crippen molar-refractivity contribution in [2.45, 2.75) is 0 Å². The number of aromatic nitrogens is 1. The van der Waals surface area contributed by atoms with E-state index in [4.69, 9.17) is 0 Å². The molecular formula is C9H6ClI2NO. The molecule has 0 fully saturated rings. The maximum absolute atomic E-state index is 9.73. The van der Waals surface area contributed by atoms with Crippen LogP contribution in [-0.4, -0.2) is 10.1 Å². The number of pyridine rings is 1. The van der Waals surface area contributed by atoms with E-state index < -0.39 is 0 Å². The Bertz CT molecular complexity index is 476. The zero-order valence-corrected chi connectivity index (χ0v) is 12.0. The standard InChI is InChI=1S/C9H5I2NO.ClH/c10-7-3-8(11)9(13)6-4-12-2-1-5(6)7;/h1-4,13H;1H. The summed E-state index contributed by atoms with van der Waals surface area (Å²) in [7, 11) is 0. The van der Waals surface area contributed by atoms with Crippen molar-refractivity contribution in [2.75, 3.05) is 0 Å². The van der Waals surface area contributed by atoms with E-state index in [1.165, 1.54) is 0 Å². The Morgan fingerprint density at radius 2 is 1.86 bits per heavy atom. The van der Waals surface area contributed by atoms with E-state index in [1.54, 1.807) is 12.4 Å². The second-order valence-electron chi connectivity index (χ2n) is 2.61.